The first-order valence-corrected chi connectivity index (χ1v) is 11.1. The minimum atomic E-state index is -3.81. The Labute approximate surface area is 181 Å². The highest BCUT2D eigenvalue weighted by Crippen LogP contribution is 2.18. The number of nitrogens with one attached hydrogen (secondary N) is 2. The van der Waals surface area contributed by atoms with Crippen LogP contribution in [-0.4, -0.2) is 26.1 Å². The third-order valence-corrected chi connectivity index (χ3v) is 5.45. The summed E-state index contributed by atoms with van der Waals surface area (Å²) in [6.45, 7) is 4.36. The van der Waals surface area contributed by atoms with Crippen LogP contribution in [0.15, 0.2) is 70.1 Å². The van der Waals surface area contributed by atoms with E-state index in [0.717, 1.165) is 17.7 Å². The van der Waals surface area contributed by atoms with Crippen molar-refractivity contribution in [3.63, 3.8) is 0 Å². The molecule has 8 nitrogen and oxygen atoms in total. The quantitative estimate of drug-likeness (QED) is 0.481. The summed E-state index contributed by atoms with van der Waals surface area (Å²) < 4.78 is 37.5. The van der Waals surface area contributed by atoms with Gasteiger partial charge in [0.15, 0.2) is 5.82 Å². The molecule has 1 heterocycles. The van der Waals surface area contributed by atoms with Crippen molar-refractivity contribution in [3.8, 4) is 5.75 Å². The molecule has 0 aliphatic rings. The van der Waals surface area contributed by atoms with Crippen LogP contribution >= 0.6 is 0 Å². The second kappa shape index (κ2) is 9.94. The van der Waals surface area contributed by atoms with Crippen LogP contribution in [0.4, 0.5) is 11.5 Å². The third-order valence-electron chi connectivity index (χ3n) is 4.08. The van der Waals surface area contributed by atoms with Gasteiger partial charge in [0, 0.05) is 17.8 Å². The second-order valence-corrected chi connectivity index (χ2v) is 8.38. The van der Waals surface area contributed by atoms with Crippen LogP contribution in [0.2, 0.25) is 0 Å². The van der Waals surface area contributed by atoms with E-state index in [0.29, 0.717) is 18.1 Å². The topological polar surface area (TPSA) is 111 Å². The number of anilines is 2. The highest BCUT2D eigenvalue weighted by molar-refractivity contribution is 7.92. The normalized spacial score (nSPS) is 11.4. The number of sulfonamides is 1. The summed E-state index contributed by atoms with van der Waals surface area (Å²) in [6.07, 6.45) is 4.02. The molecular formula is C22H23N3O5S. The Bertz CT molecular complexity index is 1150. The van der Waals surface area contributed by atoms with Crippen LogP contribution in [0.1, 0.15) is 24.7 Å². The Hall–Kier alpha value is -3.59. The van der Waals surface area contributed by atoms with Gasteiger partial charge in [0.25, 0.3) is 10.0 Å². The van der Waals surface area contributed by atoms with Gasteiger partial charge in [-0.15, -0.1) is 0 Å². The number of amides is 1. The number of hydrogen-bond donors (Lipinski definition) is 2. The maximum Gasteiger partial charge on any atom is 0.263 e. The minimum absolute atomic E-state index is 0.0343. The number of hydrogen-bond acceptors (Lipinski definition) is 6. The van der Waals surface area contributed by atoms with Crippen LogP contribution in [0.3, 0.4) is 0 Å². The molecule has 0 unspecified atom stereocenters. The van der Waals surface area contributed by atoms with Gasteiger partial charge in [0.05, 0.1) is 11.5 Å². The van der Waals surface area contributed by atoms with Crippen molar-refractivity contribution in [2.24, 2.45) is 0 Å². The van der Waals surface area contributed by atoms with E-state index >= 15 is 0 Å². The molecule has 0 radical (unpaired) electrons. The summed E-state index contributed by atoms with van der Waals surface area (Å²) >= 11 is 0. The first-order chi connectivity index (χ1) is 14.9. The number of aromatic nitrogens is 1. The number of carbonyl (C=O) groups excluding carboxylic acids is 1. The number of ether oxygens (including phenoxy) is 1. The summed E-state index contributed by atoms with van der Waals surface area (Å²) in [4.78, 5) is 12.2. The van der Waals surface area contributed by atoms with Crippen molar-refractivity contribution in [3.05, 3.63) is 72.0 Å². The molecule has 0 saturated heterocycles. The molecule has 31 heavy (non-hydrogen) atoms. The minimum Gasteiger partial charge on any atom is -0.494 e. The first-order valence-electron chi connectivity index (χ1n) is 9.64. The molecule has 0 saturated carbocycles. The lowest BCUT2D eigenvalue weighted by atomic mass is 10.2. The molecule has 0 bridgehead atoms. The maximum atomic E-state index is 12.4. The van der Waals surface area contributed by atoms with E-state index in [9.17, 15) is 13.2 Å². The number of rotatable bonds is 9. The average molecular weight is 442 g/mol. The van der Waals surface area contributed by atoms with Crippen molar-refractivity contribution in [2.45, 2.75) is 25.2 Å². The largest absolute Gasteiger partial charge is 0.494 e. The molecule has 0 aliphatic heterocycles. The summed E-state index contributed by atoms with van der Waals surface area (Å²) in [5.74, 6) is 1.04. The Kier molecular flexibility index (Phi) is 7.09. The summed E-state index contributed by atoms with van der Waals surface area (Å²) in [5.41, 5.74) is 1.32. The van der Waals surface area contributed by atoms with Gasteiger partial charge in [0.1, 0.15) is 11.5 Å². The number of benzene rings is 2. The predicted octanol–water partition coefficient (Wildman–Crippen LogP) is 4.22. The van der Waals surface area contributed by atoms with Gasteiger partial charge in [-0.25, -0.2) is 8.42 Å². The molecule has 0 aliphatic carbocycles. The fourth-order valence-electron chi connectivity index (χ4n) is 2.58. The molecule has 2 aromatic carbocycles. The van der Waals surface area contributed by atoms with E-state index in [2.05, 4.69) is 15.2 Å². The van der Waals surface area contributed by atoms with Crippen molar-refractivity contribution in [2.75, 3.05) is 16.6 Å². The summed E-state index contributed by atoms with van der Waals surface area (Å²) in [5, 5.41) is 6.30. The van der Waals surface area contributed by atoms with Gasteiger partial charge < -0.3 is 14.6 Å². The molecule has 0 atom stereocenters. The monoisotopic (exact) mass is 441 g/mol. The zero-order valence-electron chi connectivity index (χ0n) is 17.2. The van der Waals surface area contributed by atoms with E-state index in [-0.39, 0.29) is 16.6 Å². The molecule has 162 valence electrons. The van der Waals surface area contributed by atoms with Crippen molar-refractivity contribution < 1.29 is 22.5 Å². The molecule has 0 spiro atoms. The Morgan fingerprint density at radius 1 is 1.13 bits per heavy atom. The highest BCUT2D eigenvalue weighted by Gasteiger charge is 2.16. The van der Waals surface area contributed by atoms with Gasteiger partial charge in [-0.2, -0.15) is 0 Å². The van der Waals surface area contributed by atoms with Crippen LogP contribution in [0.25, 0.3) is 6.08 Å². The fourth-order valence-corrected chi connectivity index (χ4v) is 3.56. The van der Waals surface area contributed by atoms with Crippen molar-refractivity contribution in [1.82, 2.24) is 5.16 Å². The maximum absolute atomic E-state index is 12.4. The summed E-state index contributed by atoms with van der Waals surface area (Å²) in [6, 6.07) is 14.7. The summed E-state index contributed by atoms with van der Waals surface area (Å²) in [7, 11) is -3.81. The first kappa shape index (κ1) is 22.1. The lowest BCUT2D eigenvalue weighted by Crippen LogP contribution is -2.13. The lowest BCUT2D eigenvalue weighted by molar-refractivity contribution is -0.111. The van der Waals surface area contributed by atoms with Crippen LogP contribution < -0.4 is 14.8 Å². The van der Waals surface area contributed by atoms with E-state index in [1.165, 1.54) is 36.4 Å². The zero-order chi connectivity index (χ0) is 22.3. The van der Waals surface area contributed by atoms with Gasteiger partial charge in [-0.05, 0) is 61.4 Å². The highest BCUT2D eigenvalue weighted by atomic mass is 32.2. The smallest absolute Gasteiger partial charge is 0.263 e. The van der Waals surface area contributed by atoms with Gasteiger partial charge in [0.2, 0.25) is 5.91 Å². The van der Waals surface area contributed by atoms with E-state index in [1.54, 1.807) is 13.0 Å². The standard InChI is InChI=1S/C22H23N3O5S/c1-3-14-29-19-9-4-17(5-10-19)6-13-22(26)23-18-7-11-20(12-8-18)31(27,28)25-21-15-16(2)30-24-21/h4-13,15H,3,14H2,1-2H3,(H,23,26)(H,24,25)/b13-6+. The van der Waals surface area contributed by atoms with Gasteiger partial charge in [-0.1, -0.05) is 24.2 Å². The van der Waals surface area contributed by atoms with Crippen LogP contribution in [0.5, 0.6) is 5.75 Å². The van der Waals surface area contributed by atoms with Crippen molar-refractivity contribution >= 4 is 33.5 Å². The number of aryl methyl sites for hydroxylation is 1. The number of nitrogens with zero attached hydrogens (tertiary/aromatic N) is 1. The van der Waals surface area contributed by atoms with Gasteiger partial charge >= 0.3 is 0 Å². The van der Waals surface area contributed by atoms with Crippen molar-refractivity contribution in [1.29, 1.82) is 0 Å². The third kappa shape index (κ3) is 6.45. The molecule has 3 aromatic rings. The van der Waals surface area contributed by atoms with Gasteiger partial charge in [-0.3, -0.25) is 9.52 Å². The molecule has 3 rings (SSSR count). The van der Waals surface area contributed by atoms with E-state index in [4.69, 9.17) is 9.26 Å². The molecular weight excluding hydrogens is 418 g/mol. The fraction of sp³-hybridized carbons (Fsp3) is 0.182. The second-order valence-electron chi connectivity index (χ2n) is 6.69. The average Bonchev–Trinajstić information content (AvgIpc) is 3.15. The Balaban J connectivity index is 1.57. The molecule has 0 fully saturated rings. The van der Waals surface area contributed by atoms with Crippen LogP contribution in [-0.2, 0) is 14.8 Å². The Morgan fingerprint density at radius 3 is 2.45 bits per heavy atom. The molecule has 9 heteroatoms. The van der Waals surface area contributed by atoms with E-state index < -0.39 is 10.0 Å². The van der Waals surface area contributed by atoms with E-state index in [1.807, 2.05) is 31.2 Å². The zero-order valence-corrected chi connectivity index (χ0v) is 18.0. The Morgan fingerprint density at radius 2 is 1.84 bits per heavy atom. The number of carbonyl (C=O) groups is 1. The molecule has 1 aromatic heterocycles. The molecule has 1 amide bonds. The SMILES string of the molecule is CCCOc1ccc(/C=C/C(=O)Nc2ccc(S(=O)(=O)Nc3cc(C)on3)cc2)cc1. The predicted molar refractivity (Wildman–Crippen MR) is 118 cm³/mol. The van der Waals surface area contributed by atoms with Crippen LogP contribution in [0, 0.1) is 6.92 Å². The lowest BCUT2D eigenvalue weighted by Gasteiger charge is -2.07. The molecule has 2 N–H and O–H groups in total.